The highest BCUT2D eigenvalue weighted by Gasteiger charge is 2.11. The van der Waals surface area contributed by atoms with Gasteiger partial charge in [0.25, 0.3) is 0 Å². The first kappa shape index (κ1) is 18.4. The van der Waals surface area contributed by atoms with E-state index < -0.39 is 0 Å². The molecule has 0 heterocycles. The Morgan fingerprint density at radius 3 is 2.21 bits per heavy atom. The molecule has 0 amide bonds. The summed E-state index contributed by atoms with van der Waals surface area (Å²) in [5.74, 6) is 2.89. The van der Waals surface area contributed by atoms with E-state index in [1.807, 2.05) is 13.8 Å². The number of rotatable bonds is 8. The molecule has 0 aromatic heterocycles. The molecule has 2 N–H and O–H groups in total. The molecule has 0 atom stereocenters. The van der Waals surface area contributed by atoms with Gasteiger partial charge in [0.15, 0.2) is 0 Å². The second kappa shape index (κ2) is 10.2. The van der Waals surface area contributed by atoms with E-state index in [0.29, 0.717) is 19.8 Å². The van der Waals surface area contributed by atoms with Crippen LogP contribution in [0, 0.1) is 0 Å². The van der Waals surface area contributed by atoms with Gasteiger partial charge in [-0.3, -0.25) is 0 Å². The van der Waals surface area contributed by atoms with Crippen molar-refractivity contribution in [3.8, 4) is 11.5 Å². The lowest BCUT2D eigenvalue weighted by atomic mass is 10.1. The van der Waals surface area contributed by atoms with Gasteiger partial charge in [-0.2, -0.15) is 0 Å². The van der Waals surface area contributed by atoms with Gasteiger partial charge < -0.3 is 15.2 Å². The van der Waals surface area contributed by atoms with Crippen molar-refractivity contribution >= 4 is 24.2 Å². The van der Waals surface area contributed by atoms with E-state index in [-0.39, 0.29) is 12.4 Å². The summed E-state index contributed by atoms with van der Waals surface area (Å²) in [5, 5.41) is 0. The standard InChI is InChI=1S/C14H23NO2S.ClH/c1-4-16-12-10-14(18-6-3)13(17-5-2)9-11(12)7-8-15;/h9-10H,4-8,15H2,1-3H3;1H. The maximum atomic E-state index is 5.69. The second-order valence-electron chi connectivity index (χ2n) is 3.74. The van der Waals surface area contributed by atoms with Crippen LogP contribution in [0.15, 0.2) is 17.0 Å². The average Bonchev–Trinajstić information content (AvgIpc) is 2.35. The minimum Gasteiger partial charge on any atom is -0.494 e. The predicted octanol–water partition coefficient (Wildman–Crippen LogP) is 3.52. The fourth-order valence-corrected chi connectivity index (χ4v) is 2.52. The molecule has 0 saturated heterocycles. The number of benzene rings is 1. The van der Waals surface area contributed by atoms with Gasteiger partial charge in [-0.15, -0.1) is 24.2 Å². The number of ether oxygens (including phenoxy) is 2. The zero-order chi connectivity index (χ0) is 13.4. The molecule has 0 aliphatic rings. The first-order valence-corrected chi connectivity index (χ1v) is 7.50. The smallest absolute Gasteiger partial charge is 0.133 e. The summed E-state index contributed by atoms with van der Waals surface area (Å²) >= 11 is 1.77. The Morgan fingerprint density at radius 1 is 1.05 bits per heavy atom. The molecular formula is C14H24ClNO2S. The lowest BCUT2D eigenvalue weighted by Crippen LogP contribution is -2.06. The molecule has 110 valence electrons. The fourth-order valence-electron chi connectivity index (χ4n) is 1.76. The molecule has 1 rings (SSSR count). The molecule has 0 aliphatic carbocycles. The summed E-state index contributed by atoms with van der Waals surface area (Å²) in [7, 11) is 0. The Morgan fingerprint density at radius 2 is 1.68 bits per heavy atom. The lowest BCUT2D eigenvalue weighted by Gasteiger charge is -2.15. The third kappa shape index (κ3) is 5.51. The van der Waals surface area contributed by atoms with Crippen LogP contribution in [-0.2, 0) is 6.42 Å². The minimum absolute atomic E-state index is 0. The van der Waals surface area contributed by atoms with Crippen molar-refractivity contribution in [3.63, 3.8) is 0 Å². The van der Waals surface area contributed by atoms with Gasteiger partial charge in [-0.25, -0.2) is 0 Å². The van der Waals surface area contributed by atoms with Crippen LogP contribution in [-0.4, -0.2) is 25.5 Å². The third-order valence-electron chi connectivity index (χ3n) is 2.44. The van der Waals surface area contributed by atoms with E-state index in [9.17, 15) is 0 Å². The van der Waals surface area contributed by atoms with Crippen molar-refractivity contribution in [2.24, 2.45) is 5.73 Å². The molecule has 5 heteroatoms. The highest BCUT2D eigenvalue weighted by atomic mass is 35.5. The average molecular weight is 306 g/mol. The maximum Gasteiger partial charge on any atom is 0.133 e. The van der Waals surface area contributed by atoms with Gasteiger partial charge in [0, 0.05) is 0 Å². The van der Waals surface area contributed by atoms with E-state index in [1.165, 1.54) is 0 Å². The van der Waals surface area contributed by atoms with Crippen LogP contribution in [0.1, 0.15) is 26.3 Å². The first-order chi connectivity index (χ1) is 8.76. The van der Waals surface area contributed by atoms with Crippen molar-refractivity contribution in [1.82, 2.24) is 0 Å². The Labute approximate surface area is 126 Å². The molecule has 0 spiro atoms. The number of thioether (sulfide) groups is 1. The van der Waals surface area contributed by atoms with Crippen LogP contribution in [0.5, 0.6) is 11.5 Å². The number of halogens is 1. The topological polar surface area (TPSA) is 44.5 Å². The molecule has 0 bridgehead atoms. The summed E-state index contributed by atoms with van der Waals surface area (Å²) in [6.07, 6.45) is 0.812. The van der Waals surface area contributed by atoms with Gasteiger partial charge in [0.2, 0.25) is 0 Å². The summed E-state index contributed by atoms with van der Waals surface area (Å²) < 4.78 is 11.4. The van der Waals surface area contributed by atoms with E-state index in [1.54, 1.807) is 11.8 Å². The molecule has 0 saturated carbocycles. The van der Waals surface area contributed by atoms with Gasteiger partial charge >= 0.3 is 0 Å². The third-order valence-corrected chi connectivity index (χ3v) is 3.36. The largest absolute Gasteiger partial charge is 0.494 e. The highest BCUT2D eigenvalue weighted by Crippen LogP contribution is 2.36. The van der Waals surface area contributed by atoms with E-state index in [2.05, 4.69) is 19.1 Å². The van der Waals surface area contributed by atoms with Crippen LogP contribution in [0.25, 0.3) is 0 Å². The van der Waals surface area contributed by atoms with Gasteiger partial charge in [0.05, 0.1) is 18.1 Å². The Balaban J connectivity index is 0.00000324. The van der Waals surface area contributed by atoms with Crippen LogP contribution >= 0.6 is 24.2 Å². The van der Waals surface area contributed by atoms with Crippen molar-refractivity contribution < 1.29 is 9.47 Å². The Hall–Kier alpha value is -0.580. The molecule has 0 aliphatic heterocycles. The molecule has 0 unspecified atom stereocenters. The number of hydrogen-bond acceptors (Lipinski definition) is 4. The lowest BCUT2D eigenvalue weighted by molar-refractivity contribution is 0.321. The Bertz CT molecular complexity index is 308. The van der Waals surface area contributed by atoms with Crippen LogP contribution in [0.2, 0.25) is 0 Å². The molecular weight excluding hydrogens is 282 g/mol. The molecule has 1 aromatic carbocycles. The second-order valence-corrected chi connectivity index (χ2v) is 5.05. The maximum absolute atomic E-state index is 5.69. The van der Waals surface area contributed by atoms with Crippen molar-refractivity contribution in [2.45, 2.75) is 32.1 Å². The quantitative estimate of drug-likeness (QED) is 0.746. The molecule has 19 heavy (non-hydrogen) atoms. The van der Waals surface area contributed by atoms with Crippen LogP contribution in [0.4, 0.5) is 0 Å². The Kier molecular flexibility index (Phi) is 9.92. The summed E-state index contributed by atoms with van der Waals surface area (Å²) in [6.45, 7) is 8.09. The van der Waals surface area contributed by atoms with Crippen LogP contribution in [0.3, 0.4) is 0 Å². The minimum atomic E-state index is 0. The monoisotopic (exact) mass is 305 g/mol. The number of nitrogens with two attached hydrogens (primary N) is 1. The predicted molar refractivity (Wildman–Crippen MR) is 85.2 cm³/mol. The summed E-state index contributed by atoms with van der Waals surface area (Å²) in [5.41, 5.74) is 6.77. The van der Waals surface area contributed by atoms with E-state index in [4.69, 9.17) is 15.2 Å². The van der Waals surface area contributed by atoms with Gasteiger partial charge in [-0.05, 0) is 50.3 Å². The fraction of sp³-hybridized carbons (Fsp3) is 0.571. The summed E-state index contributed by atoms with van der Waals surface area (Å²) in [4.78, 5) is 1.14. The SMILES string of the molecule is CCOc1cc(SCC)c(OCC)cc1CCN.Cl. The van der Waals surface area contributed by atoms with Crippen LogP contribution < -0.4 is 15.2 Å². The zero-order valence-corrected chi connectivity index (χ0v) is 13.5. The van der Waals surface area contributed by atoms with Gasteiger partial charge in [0.1, 0.15) is 11.5 Å². The molecule has 0 fully saturated rings. The molecule has 3 nitrogen and oxygen atoms in total. The van der Waals surface area contributed by atoms with Gasteiger partial charge in [-0.1, -0.05) is 6.92 Å². The zero-order valence-electron chi connectivity index (χ0n) is 11.9. The highest BCUT2D eigenvalue weighted by molar-refractivity contribution is 7.99. The molecule has 0 radical (unpaired) electrons. The summed E-state index contributed by atoms with van der Waals surface area (Å²) in [6, 6.07) is 4.15. The van der Waals surface area contributed by atoms with E-state index >= 15 is 0 Å². The normalized spacial score (nSPS) is 9.89. The first-order valence-electron chi connectivity index (χ1n) is 6.52. The van der Waals surface area contributed by atoms with Crippen molar-refractivity contribution in [2.75, 3.05) is 25.5 Å². The van der Waals surface area contributed by atoms with Crippen molar-refractivity contribution in [1.29, 1.82) is 0 Å². The molecule has 1 aromatic rings. The number of hydrogen-bond donors (Lipinski definition) is 1. The van der Waals surface area contributed by atoms with Crippen molar-refractivity contribution in [3.05, 3.63) is 17.7 Å². The van der Waals surface area contributed by atoms with E-state index in [0.717, 1.165) is 34.1 Å².